The van der Waals surface area contributed by atoms with E-state index in [1.54, 1.807) is 6.20 Å². The van der Waals surface area contributed by atoms with Gasteiger partial charge in [0, 0.05) is 47.0 Å². The lowest BCUT2D eigenvalue weighted by molar-refractivity contribution is -0.142. The van der Waals surface area contributed by atoms with Crippen LogP contribution in [0.1, 0.15) is 43.2 Å². The van der Waals surface area contributed by atoms with Crippen LogP contribution < -0.4 is 27.0 Å². The molecule has 1 aliphatic heterocycles. The number of carbonyl (C=O) groups is 4. The van der Waals surface area contributed by atoms with Gasteiger partial charge in [0.05, 0.1) is 6.04 Å². The van der Waals surface area contributed by atoms with Crippen molar-refractivity contribution < 1.29 is 24.3 Å². The lowest BCUT2D eigenvalue weighted by Crippen LogP contribution is -2.57. The average molecular weight is 616 g/mol. The van der Waals surface area contributed by atoms with Crippen LogP contribution in [0.25, 0.3) is 21.8 Å². The van der Waals surface area contributed by atoms with Crippen molar-refractivity contribution in [2.24, 2.45) is 5.73 Å². The molecule has 1 fully saturated rings. The van der Waals surface area contributed by atoms with Gasteiger partial charge in [-0.3, -0.25) is 14.4 Å². The minimum absolute atomic E-state index is 0.0577. The van der Waals surface area contributed by atoms with Gasteiger partial charge in [0.1, 0.15) is 18.1 Å². The summed E-state index contributed by atoms with van der Waals surface area (Å²) in [5.41, 5.74) is 9.07. The maximum Gasteiger partial charge on any atom is 0.326 e. The highest BCUT2D eigenvalue weighted by Crippen LogP contribution is 2.21. The number of fused-ring (bicyclic) bond motifs is 2. The second kappa shape index (κ2) is 14.9. The van der Waals surface area contributed by atoms with Crippen LogP contribution in [-0.4, -0.2) is 76.0 Å². The summed E-state index contributed by atoms with van der Waals surface area (Å²) in [6.45, 7) is 1.14. The van der Waals surface area contributed by atoms with E-state index < -0.39 is 42.0 Å². The standard InChI is InChI=1S/C33H41N7O5/c34-14-6-5-12-27(31(42)40-29(33(44)45)17-21-19-37-25-11-4-2-9-23(21)25)38-32(43)28(39-30(41)26-13-7-15-35-26)16-20-18-36-24-10-3-1-8-22(20)24/h1-4,8-11,18-19,26-29,35-37H,5-7,12-17,34H2,(H,38,43)(H,39,41)(H,40,42)(H,44,45)/t26-,27-,28-,29-/m0/s1. The zero-order valence-corrected chi connectivity index (χ0v) is 25.1. The van der Waals surface area contributed by atoms with Crippen LogP contribution >= 0.6 is 0 Å². The van der Waals surface area contributed by atoms with Crippen molar-refractivity contribution in [3.05, 3.63) is 72.1 Å². The molecule has 3 heterocycles. The molecule has 12 heteroatoms. The number of hydrogen-bond acceptors (Lipinski definition) is 6. The first-order valence-corrected chi connectivity index (χ1v) is 15.5. The third-order valence-corrected chi connectivity index (χ3v) is 8.40. The quantitative estimate of drug-likeness (QED) is 0.0935. The molecule has 0 radical (unpaired) electrons. The highest BCUT2D eigenvalue weighted by Gasteiger charge is 2.32. The predicted octanol–water partition coefficient (Wildman–Crippen LogP) is 1.85. The summed E-state index contributed by atoms with van der Waals surface area (Å²) in [5, 5.41) is 23.3. The van der Waals surface area contributed by atoms with Crippen molar-refractivity contribution >= 4 is 45.5 Å². The van der Waals surface area contributed by atoms with Gasteiger partial charge in [-0.2, -0.15) is 0 Å². The summed E-state index contributed by atoms with van der Waals surface area (Å²) in [6.07, 6.45) is 6.77. The number of para-hydroxylation sites is 2. The maximum absolute atomic E-state index is 13.8. The van der Waals surface area contributed by atoms with Gasteiger partial charge in [0.15, 0.2) is 0 Å². The second-order valence-corrected chi connectivity index (χ2v) is 11.6. The molecule has 4 aromatic rings. The van der Waals surface area contributed by atoms with E-state index in [4.69, 9.17) is 5.73 Å². The highest BCUT2D eigenvalue weighted by molar-refractivity contribution is 5.95. The van der Waals surface area contributed by atoms with E-state index in [1.165, 1.54) is 0 Å². The van der Waals surface area contributed by atoms with E-state index in [0.717, 1.165) is 45.9 Å². The van der Waals surface area contributed by atoms with Gasteiger partial charge in [-0.25, -0.2) is 4.79 Å². The summed E-state index contributed by atoms with van der Waals surface area (Å²) < 4.78 is 0. The first-order chi connectivity index (χ1) is 21.8. The molecule has 0 saturated carbocycles. The smallest absolute Gasteiger partial charge is 0.326 e. The summed E-state index contributed by atoms with van der Waals surface area (Å²) in [6, 6.07) is 11.6. The number of aliphatic carboxylic acids is 1. The first kappa shape index (κ1) is 31.7. The normalized spacial score (nSPS) is 16.7. The Morgan fingerprint density at radius 3 is 1.96 bits per heavy atom. The number of aromatic nitrogens is 2. The molecule has 1 saturated heterocycles. The molecular weight excluding hydrogens is 574 g/mol. The Morgan fingerprint density at radius 2 is 1.38 bits per heavy atom. The lowest BCUT2D eigenvalue weighted by atomic mass is 10.0. The van der Waals surface area contributed by atoms with Gasteiger partial charge < -0.3 is 42.1 Å². The van der Waals surface area contributed by atoms with E-state index >= 15 is 0 Å². The maximum atomic E-state index is 13.8. The number of rotatable bonds is 15. The topological polar surface area (TPSA) is 194 Å². The molecule has 0 aliphatic carbocycles. The third kappa shape index (κ3) is 7.89. The van der Waals surface area contributed by atoms with Crippen molar-refractivity contribution in [1.29, 1.82) is 0 Å². The van der Waals surface area contributed by atoms with Gasteiger partial charge in [0.2, 0.25) is 17.7 Å². The molecule has 0 spiro atoms. The molecule has 9 N–H and O–H groups in total. The number of amides is 3. The lowest BCUT2D eigenvalue weighted by Gasteiger charge is -2.25. The minimum Gasteiger partial charge on any atom is -0.480 e. The summed E-state index contributed by atoms with van der Waals surface area (Å²) >= 11 is 0. The van der Waals surface area contributed by atoms with E-state index in [1.807, 2.05) is 54.7 Å². The summed E-state index contributed by atoms with van der Waals surface area (Å²) in [5.74, 6) is -2.60. The van der Waals surface area contributed by atoms with Crippen LogP contribution in [0.3, 0.4) is 0 Å². The molecule has 5 rings (SSSR count). The first-order valence-electron chi connectivity index (χ1n) is 15.5. The van der Waals surface area contributed by atoms with Crippen LogP contribution in [0.5, 0.6) is 0 Å². The molecule has 2 aromatic carbocycles. The third-order valence-electron chi connectivity index (χ3n) is 8.40. The Kier molecular flexibility index (Phi) is 10.5. The number of benzene rings is 2. The van der Waals surface area contributed by atoms with Gasteiger partial charge >= 0.3 is 5.97 Å². The van der Waals surface area contributed by atoms with Crippen molar-refractivity contribution in [1.82, 2.24) is 31.2 Å². The number of H-pyrrole nitrogens is 2. The van der Waals surface area contributed by atoms with Crippen molar-refractivity contribution in [2.75, 3.05) is 13.1 Å². The number of nitrogens with two attached hydrogens (primary N) is 1. The van der Waals surface area contributed by atoms with E-state index in [-0.39, 0.29) is 25.2 Å². The number of hydrogen-bond donors (Lipinski definition) is 8. The van der Waals surface area contributed by atoms with Gasteiger partial charge in [-0.15, -0.1) is 0 Å². The average Bonchev–Trinajstić information content (AvgIpc) is 3.81. The van der Waals surface area contributed by atoms with Crippen molar-refractivity contribution in [2.45, 2.75) is 69.1 Å². The molecule has 1 aliphatic rings. The Hall–Kier alpha value is -4.68. The molecule has 2 aromatic heterocycles. The fraction of sp³-hybridized carbons (Fsp3) is 0.394. The fourth-order valence-electron chi connectivity index (χ4n) is 5.94. The van der Waals surface area contributed by atoms with E-state index in [9.17, 15) is 24.3 Å². The van der Waals surface area contributed by atoms with E-state index in [2.05, 4.69) is 31.2 Å². The van der Waals surface area contributed by atoms with E-state index in [0.29, 0.717) is 25.8 Å². The molecule has 3 amide bonds. The Labute approximate surface area is 260 Å². The Balaban J connectivity index is 1.33. The zero-order valence-electron chi connectivity index (χ0n) is 25.1. The molecule has 0 bridgehead atoms. The number of carbonyl (C=O) groups excluding carboxylic acids is 3. The largest absolute Gasteiger partial charge is 0.480 e. The Morgan fingerprint density at radius 1 is 0.800 bits per heavy atom. The monoisotopic (exact) mass is 615 g/mol. The Bertz CT molecular complexity index is 1640. The van der Waals surface area contributed by atoms with Crippen LogP contribution in [0.2, 0.25) is 0 Å². The molecule has 12 nitrogen and oxygen atoms in total. The van der Waals surface area contributed by atoms with Gasteiger partial charge in [-0.05, 0) is 68.5 Å². The molecule has 45 heavy (non-hydrogen) atoms. The number of carboxylic acids is 1. The van der Waals surface area contributed by atoms with Crippen molar-refractivity contribution in [3.8, 4) is 0 Å². The van der Waals surface area contributed by atoms with Gasteiger partial charge in [-0.1, -0.05) is 36.4 Å². The highest BCUT2D eigenvalue weighted by atomic mass is 16.4. The number of aromatic amines is 2. The second-order valence-electron chi connectivity index (χ2n) is 11.6. The molecular formula is C33H41N7O5. The number of unbranched alkanes of at least 4 members (excludes halogenated alkanes) is 1. The van der Waals surface area contributed by atoms with Crippen LogP contribution in [0.4, 0.5) is 0 Å². The minimum atomic E-state index is -1.22. The molecule has 0 unspecified atom stereocenters. The molecule has 238 valence electrons. The van der Waals surface area contributed by atoms with Crippen LogP contribution in [0.15, 0.2) is 60.9 Å². The predicted molar refractivity (Wildman–Crippen MR) is 171 cm³/mol. The fourth-order valence-corrected chi connectivity index (χ4v) is 5.94. The number of nitrogens with one attached hydrogen (secondary N) is 6. The van der Waals surface area contributed by atoms with Crippen LogP contribution in [0, 0.1) is 0 Å². The number of carboxylic acid groups (broad SMARTS) is 1. The van der Waals surface area contributed by atoms with Crippen molar-refractivity contribution in [3.63, 3.8) is 0 Å². The van der Waals surface area contributed by atoms with Gasteiger partial charge in [0.25, 0.3) is 0 Å². The van der Waals surface area contributed by atoms with Crippen LogP contribution in [-0.2, 0) is 32.0 Å². The summed E-state index contributed by atoms with van der Waals surface area (Å²) in [7, 11) is 0. The molecule has 4 atom stereocenters. The summed E-state index contributed by atoms with van der Waals surface area (Å²) in [4.78, 5) is 59.2. The SMILES string of the molecule is NCCCC[C@H](NC(=O)[C@H](Cc1c[nH]c2ccccc12)NC(=O)[C@@H]1CCCN1)C(=O)N[C@@H](Cc1c[nH]c2ccccc12)C(=O)O. The zero-order chi connectivity index (χ0) is 31.8.